The van der Waals surface area contributed by atoms with E-state index in [1.807, 2.05) is 0 Å². The Labute approximate surface area is 134 Å². The molecule has 4 nitrogen and oxygen atoms in total. The Bertz CT molecular complexity index is 522. The van der Waals surface area contributed by atoms with E-state index in [1.165, 1.54) is 6.07 Å². The molecule has 0 amide bonds. The van der Waals surface area contributed by atoms with Gasteiger partial charge in [-0.3, -0.25) is 4.90 Å². The number of ether oxygens (including phenoxy) is 1. The fourth-order valence-electron chi connectivity index (χ4n) is 3.64. The van der Waals surface area contributed by atoms with Crippen molar-refractivity contribution in [3.8, 4) is 0 Å². The normalized spacial score (nSPS) is 27.7. The maximum absolute atomic E-state index is 14.2. The summed E-state index contributed by atoms with van der Waals surface area (Å²) in [6.45, 7) is 2.65. The molecule has 1 aromatic carbocycles. The van der Waals surface area contributed by atoms with Gasteiger partial charge in [-0.15, -0.1) is 0 Å². The van der Waals surface area contributed by atoms with Gasteiger partial charge in [0.1, 0.15) is 5.82 Å². The van der Waals surface area contributed by atoms with Gasteiger partial charge in [0, 0.05) is 49.2 Å². The summed E-state index contributed by atoms with van der Waals surface area (Å²) in [6.07, 6.45) is 0.415. The van der Waals surface area contributed by atoms with Crippen LogP contribution in [0.5, 0.6) is 0 Å². The van der Waals surface area contributed by atoms with Crippen LogP contribution in [0.2, 0.25) is 5.02 Å². The SMILES string of the molecule is OC(O)[C@@H]1CN(C2CCOCC2)C[C@H]1c1ccc(Cl)cc1F. The monoisotopic (exact) mass is 329 g/mol. The highest BCUT2D eigenvalue weighted by atomic mass is 35.5. The predicted molar refractivity (Wildman–Crippen MR) is 81.3 cm³/mol. The van der Waals surface area contributed by atoms with Crippen LogP contribution in [-0.2, 0) is 4.74 Å². The average molecular weight is 330 g/mol. The highest BCUT2D eigenvalue weighted by Crippen LogP contribution is 2.38. The molecule has 2 aliphatic rings. The van der Waals surface area contributed by atoms with E-state index < -0.39 is 12.2 Å². The second-order valence-corrected chi connectivity index (χ2v) is 6.58. The number of rotatable bonds is 3. The summed E-state index contributed by atoms with van der Waals surface area (Å²) < 4.78 is 19.6. The van der Waals surface area contributed by atoms with E-state index >= 15 is 0 Å². The van der Waals surface area contributed by atoms with Crippen molar-refractivity contribution in [1.82, 2.24) is 4.90 Å². The van der Waals surface area contributed by atoms with Crippen molar-refractivity contribution in [3.63, 3.8) is 0 Å². The molecule has 0 spiro atoms. The fraction of sp³-hybridized carbons (Fsp3) is 0.625. The zero-order valence-electron chi connectivity index (χ0n) is 12.3. The first-order chi connectivity index (χ1) is 10.6. The van der Waals surface area contributed by atoms with Crippen molar-refractivity contribution in [2.24, 2.45) is 5.92 Å². The lowest BCUT2D eigenvalue weighted by Crippen LogP contribution is -2.38. The highest BCUT2D eigenvalue weighted by Gasteiger charge is 2.41. The van der Waals surface area contributed by atoms with Crippen LogP contribution >= 0.6 is 11.6 Å². The van der Waals surface area contributed by atoms with Crippen molar-refractivity contribution in [2.45, 2.75) is 31.1 Å². The Morgan fingerprint density at radius 1 is 1.23 bits per heavy atom. The summed E-state index contributed by atoms with van der Waals surface area (Å²) in [6, 6.07) is 4.97. The molecule has 1 aromatic rings. The number of halogens is 2. The summed E-state index contributed by atoms with van der Waals surface area (Å²) in [7, 11) is 0. The van der Waals surface area contributed by atoms with Crippen LogP contribution < -0.4 is 0 Å². The molecule has 0 bridgehead atoms. The zero-order chi connectivity index (χ0) is 15.7. The summed E-state index contributed by atoms with van der Waals surface area (Å²) in [5, 5.41) is 19.8. The molecule has 2 aliphatic heterocycles. The number of likely N-dealkylation sites (tertiary alicyclic amines) is 1. The maximum atomic E-state index is 14.2. The Morgan fingerprint density at radius 3 is 2.59 bits per heavy atom. The van der Waals surface area contributed by atoms with E-state index in [0.29, 0.717) is 29.7 Å². The fourth-order valence-corrected chi connectivity index (χ4v) is 3.80. The third kappa shape index (κ3) is 3.29. The van der Waals surface area contributed by atoms with Crippen molar-refractivity contribution < 1.29 is 19.3 Å². The molecule has 0 saturated carbocycles. The van der Waals surface area contributed by atoms with E-state index in [1.54, 1.807) is 12.1 Å². The summed E-state index contributed by atoms with van der Waals surface area (Å²) in [5.74, 6) is -1.00. The Hall–Kier alpha value is -0.720. The summed E-state index contributed by atoms with van der Waals surface area (Å²) in [5.41, 5.74) is 0.511. The number of aliphatic hydroxyl groups excluding tert-OH is 1. The lowest BCUT2D eigenvalue weighted by atomic mass is 9.88. The van der Waals surface area contributed by atoms with Crippen molar-refractivity contribution in [1.29, 1.82) is 0 Å². The van der Waals surface area contributed by atoms with Gasteiger partial charge in [0.15, 0.2) is 6.29 Å². The molecule has 2 atom stereocenters. The molecule has 0 radical (unpaired) electrons. The van der Waals surface area contributed by atoms with E-state index in [4.69, 9.17) is 16.3 Å². The van der Waals surface area contributed by atoms with Gasteiger partial charge in [-0.05, 0) is 30.5 Å². The first-order valence-corrected chi connectivity index (χ1v) is 8.07. The smallest absolute Gasteiger partial charge is 0.156 e. The van der Waals surface area contributed by atoms with Crippen LogP contribution in [0.1, 0.15) is 24.3 Å². The second-order valence-electron chi connectivity index (χ2n) is 6.15. The van der Waals surface area contributed by atoms with Crippen molar-refractivity contribution >= 4 is 11.6 Å². The Kier molecular flexibility index (Phi) is 5.00. The molecule has 6 heteroatoms. The lowest BCUT2D eigenvalue weighted by Gasteiger charge is -2.31. The lowest BCUT2D eigenvalue weighted by molar-refractivity contribution is -0.0855. The minimum atomic E-state index is -1.45. The first kappa shape index (κ1) is 16.1. The summed E-state index contributed by atoms with van der Waals surface area (Å²) in [4.78, 5) is 2.24. The van der Waals surface area contributed by atoms with Crippen molar-refractivity contribution in [3.05, 3.63) is 34.6 Å². The van der Waals surface area contributed by atoms with E-state index in [0.717, 1.165) is 26.1 Å². The molecule has 22 heavy (non-hydrogen) atoms. The number of aliphatic hydroxyl groups is 2. The van der Waals surface area contributed by atoms with Crippen LogP contribution in [-0.4, -0.2) is 53.7 Å². The minimum absolute atomic E-state index is 0.236. The van der Waals surface area contributed by atoms with Crippen molar-refractivity contribution in [2.75, 3.05) is 26.3 Å². The third-order valence-electron chi connectivity index (χ3n) is 4.85. The van der Waals surface area contributed by atoms with E-state index in [9.17, 15) is 14.6 Å². The third-order valence-corrected chi connectivity index (χ3v) is 5.08. The molecule has 2 saturated heterocycles. The van der Waals surface area contributed by atoms with Crippen LogP contribution in [0.4, 0.5) is 4.39 Å². The van der Waals surface area contributed by atoms with Gasteiger partial charge in [0.2, 0.25) is 0 Å². The molecule has 122 valence electrons. The highest BCUT2D eigenvalue weighted by molar-refractivity contribution is 6.30. The number of hydrogen-bond acceptors (Lipinski definition) is 4. The maximum Gasteiger partial charge on any atom is 0.156 e. The molecule has 0 unspecified atom stereocenters. The molecule has 2 N–H and O–H groups in total. The zero-order valence-corrected chi connectivity index (χ0v) is 13.0. The van der Waals surface area contributed by atoms with Crippen LogP contribution in [0.3, 0.4) is 0 Å². The van der Waals surface area contributed by atoms with Crippen LogP contribution in [0, 0.1) is 11.7 Å². The first-order valence-electron chi connectivity index (χ1n) is 7.69. The molecular weight excluding hydrogens is 309 g/mol. The van der Waals surface area contributed by atoms with E-state index in [2.05, 4.69) is 4.90 Å². The minimum Gasteiger partial charge on any atom is -0.381 e. The Morgan fingerprint density at radius 2 is 1.95 bits per heavy atom. The molecule has 0 aromatic heterocycles. The average Bonchev–Trinajstić information content (AvgIpc) is 2.93. The quantitative estimate of drug-likeness (QED) is 0.833. The second kappa shape index (κ2) is 6.81. The van der Waals surface area contributed by atoms with Gasteiger partial charge in [0.05, 0.1) is 0 Å². The van der Waals surface area contributed by atoms with Gasteiger partial charge < -0.3 is 14.9 Å². The van der Waals surface area contributed by atoms with Gasteiger partial charge >= 0.3 is 0 Å². The van der Waals surface area contributed by atoms with Crippen LogP contribution in [0.15, 0.2) is 18.2 Å². The summed E-state index contributed by atoms with van der Waals surface area (Å²) >= 11 is 5.81. The van der Waals surface area contributed by atoms with Gasteiger partial charge in [-0.25, -0.2) is 4.39 Å². The van der Waals surface area contributed by atoms with E-state index in [-0.39, 0.29) is 11.7 Å². The van der Waals surface area contributed by atoms with Gasteiger partial charge in [-0.1, -0.05) is 17.7 Å². The van der Waals surface area contributed by atoms with Gasteiger partial charge in [-0.2, -0.15) is 0 Å². The predicted octanol–water partition coefficient (Wildman–Crippen LogP) is 1.98. The van der Waals surface area contributed by atoms with Crippen LogP contribution in [0.25, 0.3) is 0 Å². The molecule has 2 heterocycles. The van der Waals surface area contributed by atoms with Gasteiger partial charge in [0.25, 0.3) is 0 Å². The molecule has 0 aliphatic carbocycles. The Balaban J connectivity index is 1.81. The molecule has 3 rings (SSSR count). The molecule has 2 fully saturated rings. The number of hydrogen-bond donors (Lipinski definition) is 2. The molecular formula is C16H21ClFNO3. The number of nitrogens with zero attached hydrogens (tertiary/aromatic N) is 1. The topological polar surface area (TPSA) is 52.9 Å². The standard InChI is InChI=1S/C16H21ClFNO3/c17-10-1-2-12(15(18)7-10)13-8-19(9-14(13)16(20)21)11-3-5-22-6-4-11/h1-2,7,11,13-14,16,20-21H,3-6,8-9H2/t13-,14+/m0/s1. The number of benzene rings is 1. The largest absolute Gasteiger partial charge is 0.381 e.